The number of aromatic nitrogens is 2. The fourth-order valence-electron chi connectivity index (χ4n) is 2.88. The molecule has 0 saturated carbocycles. The van der Waals surface area contributed by atoms with Crippen LogP contribution in [0.2, 0.25) is 0 Å². The molecule has 3 fully saturated rings. The largest absolute Gasteiger partial charge is 0.338 e. The van der Waals surface area contributed by atoms with Crippen LogP contribution >= 0.6 is 0 Å². The third-order valence-corrected chi connectivity index (χ3v) is 4.58. The van der Waals surface area contributed by atoms with Gasteiger partial charge in [-0.2, -0.15) is 4.98 Å². The Morgan fingerprint density at radius 2 is 2.11 bits per heavy atom. The number of rotatable bonds is 4. The summed E-state index contributed by atoms with van der Waals surface area (Å²) in [4.78, 5) is 9.47. The third-order valence-electron chi connectivity index (χ3n) is 4.58. The highest BCUT2D eigenvalue weighted by atomic mass is 16.5. The third kappa shape index (κ3) is 2.40. The predicted molar refractivity (Wildman–Crippen MR) is 71.4 cm³/mol. The predicted octanol–water partition coefficient (Wildman–Crippen LogP) is 0.788. The van der Waals surface area contributed by atoms with Gasteiger partial charge in [0.15, 0.2) is 5.82 Å². The van der Waals surface area contributed by atoms with Gasteiger partial charge in [0.1, 0.15) is 0 Å². The minimum absolute atomic E-state index is 0.151. The van der Waals surface area contributed by atoms with Crippen LogP contribution in [0.25, 0.3) is 0 Å². The molecule has 19 heavy (non-hydrogen) atoms. The van der Waals surface area contributed by atoms with Crippen molar-refractivity contribution in [3.05, 3.63) is 11.7 Å². The monoisotopic (exact) mass is 265 g/mol. The molecular weight excluding hydrogens is 242 g/mol. The second-order valence-electron chi connectivity index (χ2n) is 5.75. The SMILES string of the molecule is CCC(C)C(N)c1nc(C2CN3CCN2CC3)no1. The van der Waals surface area contributed by atoms with Crippen LogP contribution in [0.3, 0.4) is 0 Å². The van der Waals surface area contributed by atoms with Crippen LogP contribution in [0.15, 0.2) is 4.52 Å². The van der Waals surface area contributed by atoms with Crippen LogP contribution in [-0.4, -0.2) is 52.7 Å². The number of hydrogen-bond acceptors (Lipinski definition) is 6. The molecule has 0 aliphatic carbocycles. The van der Waals surface area contributed by atoms with E-state index in [2.05, 4.69) is 33.8 Å². The van der Waals surface area contributed by atoms with Gasteiger partial charge >= 0.3 is 0 Å². The van der Waals surface area contributed by atoms with Crippen molar-refractivity contribution in [3.63, 3.8) is 0 Å². The first-order chi connectivity index (χ1) is 9.19. The summed E-state index contributed by atoms with van der Waals surface area (Å²) in [5.74, 6) is 1.75. The van der Waals surface area contributed by atoms with E-state index in [9.17, 15) is 0 Å². The Hall–Kier alpha value is -0.980. The fraction of sp³-hybridized carbons (Fsp3) is 0.846. The molecule has 1 aromatic rings. The molecule has 0 amide bonds. The Labute approximate surface area is 113 Å². The summed E-state index contributed by atoms with van der Waals surface area (Å²) in [6.45, 7) is 9.78. The van der Waals surface area contributed by atoms with E-state index in [1.54, 1.807) is 0 Å². The highest BCUT2D eigenvalue weighted by molar-refractivity contribution is 5.03. The summed E-state index contributed by atoms with van der Waals surface area (Å²) in [5.41, 5.74) is 6.15. The first kappa shape index (κ1) is 13.0. The number of fused-ring (bicyclic) bond motifs is 3. The molecule has 106 valence electrons. The molecular formula is C13H23N5O. The molecule has 2 N–H and O–H groups in total. The van der Waals surface area contributed by atoms with Gasteiger partial charge in [0.25, 0.3) is 0 Å². The summed E-state index contributed by atoms with van der Waals surface area (Å²) < 4.78 is 5.38. The van der Waals surface area contributed by atoms with Crippen molar-refractivity contribution in [1.82, 2.24) is 19.9 Å². The van der Waals surface area contributed by atoms with E-state index >= 15 is 0 Å². The summed E-state index contributed by atoms with van der Waals surface area (Å²) in [6, 6.07) is 0.131. The van der Waals surface area contributed by atoms with Crippen molar-refractivity contribution in [2.75, 3.05) is 32.7 Å². The van der Waals surface area contributed by atoms with Crippen molar-refractivity contribution >= 4 is 0 Å². The smallest absolute Gasteiger partial charge is 0.243 e. The second-order valence-corrected chi connectivity index (χ2v) is 5.75. The lowest BCUT2D eigenvalue weighted by molar-refractivity contribution is 0.00781. The molecule has 1 aromatic heterocycles. The Kier molecular flexibility index (Phi) is 3.56. The van der Waals surface area contributed by atoms with Crippen LogP contribution in [0.1, 0.15) is 44.1 Å². The summed E-state index contributed by atoms with van der Waals surface area (Å²) in [6.07, 6.45) is 1.02. The summed E-state index contributed by atoms with van der Waals surface area (Å²) in [5, 5.41) is 4.16. The van der Waals surface area contributed by atoms with Crippen molar-refractivity contribution in [3.8, 4) is 0 Å². The maximum Gasteiger partial charge on any atom is 0.243 e. The van der Waals surface area contributed by atoms with Crippen molar-refractivity contribution < 1.29 is 4.52 Å². The minimum Gasteiger partial charge on any atom is -0.338 e. The van der Waals surface area contributed by atoms with Gasteiger partial charge in [-0.3, -0.25) is 9.80 Å². The van der Waals surface area contributed by atoms with E-state index in [-0.39, 0.29) is 12.1 Å². The highest BCUT2D eigenvalue weighted by Gasteiger charge is 2.36. The normalized spacial score (nSPS) is 33.3. The van der Waals surface area contributed by atoms with E-state index in [1.165, 1.54) is 0 Å². The van der Waals surface area contributed by atoms with Gasteiger partial charge < -0.3 is 10.3 Å². The molecule has 0 aromatic carbocycles. The zero-order chi connectivity index (χ0) is 13.4. The van der Waals surface area contributed by atoms with Crippen molar-refractivity contribution in [2.24, 2.45) is 11.7 Å². The van der Waals surface area contributed by atoms with Gasteiger partial charge in [-0.05, 0) is 5.92 Å². The lowest BCUT2D eigenvalue weighted by Gasteiger charge is -2.46. The fourth-order valence-corrected chi connectivity index (χ4v) is 2.88. The maximum atomic E-state index is 6.15. The average Bonchev–Trinajstić information content (AvgIpc) is 2.96. The molecule has 3 saturated heterocycles. The molecule has 4 rings (SSSR count). The quantitative estimate of drug-likeness (QED) is 0.867. The van der Waals surface area contributed by atoms with Gasteiger partial charge in [0.2, 0.25) is 5.89 Å². The zero-order valence-electron chi connectivity index (χ0n) is 11.7. The van der Waals surface area contributed by atoms with Crippen LogP contribution < -0.4 is 5.73 Å². The highest BCUT2D eigenvalue weighted by Crippen LogP contribution is 2.28. The minimum atomic E-state index is -0.151. The molecule has 3 atom stereocenters. The van der Waals surface area contributed by atoms with Crippen molar-refractivity contribution in [2.45, 2.75) is 32.4 Å². The molecule has 6 nitrogen and oxygen atoms in total. The first-order valence-electron chi connectivity index (χ1n) is 7.24. The molecule has 6 heteroatoms. The lowest BCUT2D eigenvalue weighted by atomic mass is 10.0. The molecule has 0 radical (unpaired) electrons. The van der Waals surface area contributed by atoms with Gasteiger partial charge in [0, 0.05) is 32.7 Å². The number of piperazine rings is 3. The van der Waals surface area contributed by atoms with E-state index < -0.39 is 0 Å². The summed E-state index contributed by atoms with van der Waals surface area (Å²) in [7, 11) is 0. The number of nitrogens with zero attached hydrogens (tertiary/aromatic N) is 4. The Bertz CT molecular complexity index is 426. The first-order valence-corrected chi connectivity index (χ1v) is 7.24. The number of hydrogen-bond donors (Lipinski definition) is 1. The van der Waals surface area contributed by atoms with E-state index in [0.29, 0.717) is 11.8 Å². The molecule has 3 aliphatic rings. The summed E-state index contributed by atoms with van der Waals surface area (Å²) >= 11 is 0. The number of nitrogens with two attached hydrogens (primary N) is 1. The van der Waals surface area contributed by atoms with Crippen LogP contribution in [0.4, 0.5) is 0 Å². The Balaban J connectivity index is 1.74. The van der Waals surface area contributed by atoms with Gasteiger partial charge in [0.05, 0.1) is 12.1 Å². The lowest BCUT2D eigenvalue weighted by Crippen LogP contribution is -2.57. The van der Waals surface area contributed by atoms with E-state index in [0.717, 1.165) is 45.0 Å². The topological polar surface area (TPSA) is 71.4 Å². The van der Waals surface area contributed by atoms with E-state index in [1.807, 2.05) is 0 Å². The molecule has 2 bridgehead atoms. The van der Waals surface area contributed by atoms with Crippen LogP contribution in [0, 0.1) is 5.92 Å². The standard InChI is InChI=1S/C13H23N5O/c1-3-9(2)11(14)13-15-12(16-19-13)10-8-17-4-6-18(10)7-5-17/h9-11H,3-8,14H2,1-2H3. The van der Waals surface area contributed by atoms with Gasteiger partial charge in [-0.15, -0.1) is 0 Å². The Morgan fingerprint density at radius 1 is 1.37 bits per heavy atom. The molecule has 3 unspecified atom stereocenters. The zero-order valence-corrected chi connectivity index (χ0v) is 11.7. The van der Waals surface area contributed by atoms with E-state index in [4.69, 9.17) is 10.3 Å². The second kappa shape index (κ2) is 5.19. The Morgan fingerprint density at radius 3 is 2.68 bits per heavy atom. The molecule has 0 spiro atoms. The van der Waals surface area contributed by atoms with Crippen LogP contribution in [0.5, 0.6) is 0 Å². The average molecular weight is 265 g/mol. The van der Waals surface area contributed by atoms with Crippen molar-refractivity contribution in [1.29, 1.82) is 0 Å². The maximum absolute atomic E-state index is 6.15. The molecule has 3 aliphatic heterocycles. The van der Waals surface area contributed by atoms with Crippen LogP contribution in [-0.2, 0) is 0 Å². The van der Waals surface area contributed by atoms with Gasteiger partial charge in [-0.1, -0.05) is 25.4 Å². The molecule has 4 heterocycles. The van der Waals surface area contributed by atoms with Gasteiger partial charge in [-0.25, -0.2) is 0 Å².